The molecule has 1 aliphatic rings. The van der Waals surface area contributed by atoms with Gasteiger partial charge in [0.1, 0.15) is 0 Å². The zero-order chi connectivity index (χ0) is 17.9. The Morgan fingerprint density at radius 1 is 1.26 bits per heavy atom. The fraction of sp³-hybridized carbons (Fsp3) is 0.706. The monoisotopic (exact) mass is 345 g/mol. The molecule has 0 amide bonds. The van der Waals surface area contributed by atoms with E-state index < -0.39 is 10.0 Å². The smallest absolute Gasteiger partial charge is 0.211 e. The Labute approximate surface area is 144 Å². The topological polar surface area (TPSA) is 62.3 Å². The fourth-order valence-corrected chi connectivity index (χ4v) is 3.08. The van der Waals surface area contributed by atoms with E-state index in [1.807, 2.05) is 27.0 Å². The maximum atomic E-state index is 11.4. The summed E-state index contributed by atoms with van der Waals surface area (Å²) < 4.78 is 24.3. The molecule has 2 rings (SSSR count). The van der Waals surface area contributed by atoms with Gasteiger partial charge in [0.25, 0.3) is 0 Å². The van der Waals surface area contributed by atoms with Gasteiger partial charge in [-0.05, 0) is 31.4 Å². The average Bonchev–Trinajstić information content (AvgIpc) is 2.50. The number of pyridine rings is 1. The van der Waals surface area contributed by atoms with Gasteiger partial charge in [0.15, 0.2) is 0 Å². The molecule has 6 heteroatoms. The molecule has 0 aromatic carbocycles. The van der Waals surface area contributed by atoms with E-state index in [0.29, 0.717) is 19.1 Å². The van der Waals surface area contributed by atoms with Crippen molar-refractivity contribution >= 4 is 15.7 Å². The summed E-state index contributed by atoms with van der Waals surface area (Å²) in [6.45, 7) is 11.4. The number of aryl methyl sites for hydroxylation is 1. The first-order valence-corrected chi connectivity index (χ1v) is 10.3. The van der Waals surface area contributed by atoms with E-state index in [4.69, 9.17) is 0 Å². The first-order chi connectivity index (χ1) is 10.9. The number of rotatable bonds is 3. The summed E-state index contributed by atoms with van der Waals surface area (Å²) in [5, 5.41) is 3.41. The molecule has 1 aromatic rings. The van der Waals surface area contributed by atoms with E-state index in [1.54, 1.807) is 10.5 Å². The van der Waals surface area contributed by atoms with Gasteiger partial charge in [0, 0.05) is 33.0 Å². The van der Waals surface area contributed by atoms with Crippen molar-refractivity contribution in [2.24, 2.45) is 0 Å². The summed E-state index contributed by atoms with van der Waals surface area (Å²) >= 11 is 0. The number of nitrogens with one attached hydrogen (secondary N) is 1. The molecule has 0 atom stereocenters. The number of nitrogens with zero attached hydrogens (tertiary/aromatic N) is 2. The summed E-state index contributed by atoms with van der Waals surface area (Å²) in [5.74, 6) is 0. The van der Waals surface area contributed by atoms with Crippen molar-refractivity contribution in [3.8, 4) is 0 Å². The summed E-state index contributed by atoms with van der Waals surface area (Å²) in [6, 6.07) is 2.38. The highest BCUT2D eigenvalue weighted by Crippen LogP contribution is 2.18. The minimum Gasteiger partial charge on any atom is -0.381 e. The number of aromatic nitrogens is 1. The Morgan fingerprint density at radius 3 is 2.22 bits per heavy atom. The molecule has 2 heterocycles. The zero-order valence-electron chi connectivity index (χ0n) is 15.5. The zero-order valence-corrected chi connectivity index (χ0v) is 16.3. The Balaban J connectivity index is 0. The summed E-state index contributed by atoms with van der Waals surface area (Å²) in [6.07, 6.45) is 7.81. The van der Waals surface area contributed by atoms with Crippen LogP contribution in [-0.2, 0) is 10.0 Å². The number of piperidine rings is 1. The predicted octanol–water partition coefficient (Wildman–Crippen LogP) is 3.91. The molecular formula is C17H35N3O2S. The van der Waals surface area contributed by atoms with Gasteiger partial charge in [-0.3, -0.25) is 4.98 Å². The van der Waals surface area contributed by atoms with E-state index in [2.05, 4.69) is 30.2 Å². The number of anilines is 1. The molecule has 0 bridgehead atoms. The molecule has 5 nitrogen and oxygen atoms in total. The quantitative estimate of drug-likeness (QED) is 0.902. The summed E-state index contributed by atoms with van der Waals surface area (Å²) in [4.78, 5) is 4.14. The van der Waals surface area contributed by atoms with Crippen LogP contribution in [0.5, 0.6) is 0 Å². The molecular weight excluding hydrogens is 310 g/mol. The van der Waals surface area contributed by atoms with Crippen molar-refractivity contribution in [1.29, 1.82) is 0 Å². The minimum atomic E-state index is -3.04. The second-order valence-electron chi connectivity index (χ2n) is 5.54. The predicted molar refractivity (Wildman–Crippen MR) is 101 cm³/mol. The Hall–Kier alpha value is -1.14. The first-order valence-electron chi connectivity index (χ1n) is 8.50. The molecule has 0 radical (unpaired) electrons. The van der Waals surface area contributed by atoms with Gasteiger partial charge < -0.3 is 5.32 Å². The lowest BCUT2D eigenvalue weighted by Crippen LogP contribution is -2.41. The van der Waals surface area contributed by atoms with Gasteiger partial charge in [0.05, 0.1) is 11.9 Å². The maximum absolute atomic E-state index is 11.4. The van der Waals surface area contributed by atoms with Crippen LogP contribution in [0.1, 0.15) is 53.9 Å². The molecule has 1 fully saturated rings. The molecule has 136 valence electrons. The summed E-state index contributed by atoms with van der Waals surface area (Å²) in [7, 11) is -3.04. The van der Waals surface area contributed by atoms with E-state index in [9.17, 15) is 8.42 Å². The van der Waals surface area contributed by atoms with Crippen LogP contribution in [0.3, 0.4) is 0 Å². The molecule has 23 heavy (non-hydrogen) atoms. The van der Waals surface area contributed by atoms with Crippen LogP contribution >= 0.6 is 0 Å². The minimum absolute atomic E-state index is 0. The third-order valence-electron chi connectivity index (χ3n) is 3.17. The summed E-state index contributed by atoms with van der Waals surface area (Å²) in [5.41, 5.74) is 2.13. The normalized spacial score (nSPS) is 15.7. The van der Waals surface area contributed by atoms with Crippen molar-refractivity contribution in [2.45, 2.75) is 59.9 Å². The lowest BCUT2D eigenvalue weighted by atomic mass is 10.1. The molecule has 1 aliphatic heterocycles. The van der Waals surface area contributed by atoms with Crippen molar-refractivity contribution in [3.05, 3.63) is 24.0 Å². The van der Waals surface area contributed by atoms with Gasteiger partial charge in [0.2, 0.25) is 10.0 Å². The highest BCUT2D eigenvalue weighted by molar-refractivity contribution is 7.88. The molecule has 1 N–H and O–H groups in total. The van der Waals surface area contributed by atoms with E-state index >= 15 is 0 Å². The first kappa shape index (κ1) is 21.9. The van der Waals surface area contributed by atoms with Gasteiger partial charge in [-0.15, -0.1) is 0 Å². The van der Waals surface area contributed by atoms with Crippen molar-refractivity contribution in [2.75, 3.05) is 24.7 Å². The van der Waals surface area contributed by atoms with Crippen LogP contribution in [0.2, 0.25) is 0 Å². The van der Waals surface area contributed by atoms with Crippen molar-refractivity contribution in [3.63, 3.8) is 0 Å². The maximum Gasteiger partial charge on any atom is 0.211 e. The molecule has 0 spiro atoms. The third kappa shape index (κ3) is 8.91. The number of sulfonamides is 1. The van der Waals surface area contributed by atoms with Gasteiger partial charge in [-0.25, -0.2) is 12.7 Å². The SMILES string of the molecule is CC.CCC.Cc1cncc(NC2CCN(S(C)(=O)=O)CC2)c1.[HH]. The Bertz CT molecular complexity index is 530. The molecule has 1 saturated heterocycles. The lowest BCUT2D eigenvalue weighted by Gasteiger charge is -2.31. The van der Waals surface area contributed by atoms with Crippen LogP contribution in [0.15, 0.2) is 18.5 Å². The van der Waals surface area contributed by atoms with Crippen LogP contribution in [0, 0.1) is 6.92 Å². The van der Waals surface area contributed by atoms with Crippen LogP contribution in [0.4, 0.5) is 5.69 Å². The third-order valence-corrected chi connectivity index (χ3v) is 4.47. The van der Waals surface area contributed by atoms with E-state index in [1.165, 1.54) is 12.7 Å². The molecule has 0 saturated carbocycles. The van der Waals surface area contributed by atoms with Crippen LogP contribution in [-0.4, -0.2) is 43.1 Å². The van der Waals surface area contributed by atoms with Gasteiger partial charge >= 0.3 is 0 Å². The second kappa shape index (κ2) is 11.4. The van der Waals surface area contributed by atoms with Crippen LogP contribution in [0.25, 0.3) is 0 Å². The van der Waals surface area contributed by atoms with Gasteiger partial charge in [-0.1, -0.05) is 34.1 Å². The molecule has 0 unspecified atom stereocenters. The Morgan fingerprint density at radius 2 is 1.78 bits per heavy atom. The van der Waals surface area contributed by atoms with E-state index in [0.717, 1.165) is 24.1 Å². The average molecular weight is 346 g/mol. The Kier molecular flexibility index (Phi) is 10.8. The van der Waals surface area contributed by atoms with Crippen LogP contribution < -0.4 is 5.32 Å². The van der Waals surface area contributed by atoms with Crippen molar-refractivity contribution in [1.82, 2.24) is 9.29 Å². The van der Waals surface area contributed by atoms with E-state index in [-0.39, 0.29) is 1.43 Å². The van der Waals surface area contributed by atoms with Crippen molar-refractivity contribution < 1.29 is 9.84 Å². The van der Waals surface area contributed by atoms with Gasteiger partial charge in [-0.2, -0.15) is 0 Å². The molecule has 1 aromatic heterocycles. The molecule has 0 aliphatic carbocycles. The standard InChI is InChI=1S/C12H19N3O2S.C3H8.C2H6.H2/c1-10-7-12(9-13-8-10)14-11-3-5-15(6-4-11)18(2,16)17;1-3-2;1-2;/h7-9,11,14H,3-6H2,1-2H3;3H2,1-2H3;1-2H3;1H. The number of hydrogen-bond acceptors (Lipinski definition) is 4. The highest BCUT2D eigenvalue weighted by atomic mass is 32.2. The fourth-order valence-electron chi connectivity index (χ4n) is 2.20. The lowest BCUT2D eigenvalue weighted by molar-refractivity contribution is 0.332. The highest BCUT2D eigenvalue weighted by Gasteiger charge is 2.24. The number of hydrogen-bond donors (Lipinski definition) is 1. The second-order valence-corrected chi connectivity index (χ2v) is 7.52. The largest absolute Gasteiger partial charge is 0.381 e.